The van der Waals surface area contributed by atoms with Crippen LogP contribution >= 0.6 is 23.2 Å². The van der Waals surface area contributed by atoms with Crippen molar-refractivity contribution in [2.24, 2.45) is 0 Å². The van der Waals surface area contributed by atoms with Gasteiger partial charge in [0.1, 0.15) is 17.3 Å². The minimum absolute atomic E-state index is 0.0276. The number of carbonyl (C=O) groups excluding carboxylic acids is 1. The molecule has 1 fully saturated rings. The van der Waals surface area contributed by atoms with Gasteiger partial charge in [-0.3, -0.25) is 9.36 Å². The highest BCUT2D eigenvalue weighted by molar-refractivity contribution is 6.31. The molecular formula is C25H21Cl2F2N5O3. The number of nitrogen functional groups attached to an aromatic ring is 1. The van der Waals surface area contributed by atoms with E-state index < -0.39 is 17.6 Å². The Balaban J connectivity index is 1.91. The molecule has 12 heteroatoms. The van der Waals surface area contributed by atoms with Crippen LogP contribution in [0.1, 0.15) is 50.8 Å². The number of esters is 1. The van der Waals surface area contributed by atoms with Crippen molar-refractivity contribution in [1.29, 1.82) is 0 Å². The molecular weight excluding hydrogens is 527 g/mol. The lowest BCUT2D eigenvalue weighted by Gasteiger charge is -2.24. The number of imidazole rings is 1. The van der Waals surface area contributed by atoms with Gasteiger partial charge in [-0.05, 0) is 43.2 Å². The molecule has 0 spiro atoms. The lowest BCUT2D eigenvalue weighted by molar-refractivity contribution is -0.131. The second-order valence-corrected chi connectivity index (χ2v) is 9.53. The lowest BCUT2D eigenvalue weighted by Crippen LogP contribution is -2.15. The fourth-order valence-electron chi connectivity index (χ4n) is 4.66. The van der Waals surface area contributed by atoms with Crippen LogP contribution in [0, 0.1) is 11.6 Å². The van der Waals surface area contributed by atoms with E-state index in [4.69, 9.17) is 43.1 Å². The van der Waals surface area contributed by atoms with Crippen LogP contribution in [0.3, 0.4) is 0 Å². The van der Waals surface area contributed by atoms with E-state index in [2.05, 4.69) is 10.2 Å². The molecule has 37 heavy (non-hydrogen) atoms. The zero-order valence-electron chi connectivity index (χ0n) is 19.6. The molecule has 0 saturated heterocycles. The minimum Gasteiger partial charge on any atom is -0.424 e. The monoisotopic (exact) mass is 547 g/mol. The van der Waals surface area contributed by atoms with Crippen molar-refractivity contribution < 1.29 is 22.7 Å². The molecule has 2 aromatic carbocycles. The van der Waals surface area contributed by atoms with Crippen molar-refractivity contribution in [2.75, 3.05) is 5.73 Å². The zero-order chi connectivity index (χ0) is 26.3. The molecule has 0 unspecified atom stereocenters. The fourth-order valence-corrected chi connectivity index (χ4v) is 4.99. The number of nitrogens with zero attached hydrogens (tertiary/aromatic N) is 4. The molecule has 192 valence electrons. The van der Waals surface area contributed by atoms with Gasteiger partial charge in [0.25, 0.3) is 5.89 Å². The maximum atomic E-state index is 15.9. The Morgan fingerprint density at radius 1 is 1.11 bits per heavy atom. The lowest BCUT2D eigenvalue weighted by atomic mass is 9.88. The maximum absolute atomic E-state index is 15.9. The Kier molecular flexibility index (Phi) is 6.87. The molecule has 0 atom stereocenters. The van der Waals surface area contributed by atoms with Gasteiger partial charge in [0.05, 0.1) is 15.7 Å². The van der Waals surface area contributed by atoms with Crippen molar-refractivity contribution in [3.63, 3.8) is 0 Å². The maximum Gasteiger partial charge on any atom is 0.313 e. The van der Waals surface area contributed by atoms with E-state index in [1.54, 1.807) is 0 Å². The summed E-state index contributed by atoms with van der Waals surface area (Å²) in [7, 11) is 0. The molecule has 2 aromatic heterocycles. The van der Waals surface area contributed by atoms with Gasteiger partial charge in [-0.25, -0.2) is 13.8 Å². The van der Waals surface area contributed by atoms with Crippen LogP contribution in [0.15, 0.2) is 34.7 Å². The van der Waals surface area contributed by atoms with E-state index in [0.717, 1.165) is 32.1 Å². The van der Waals surface area contributed by atoms with Crippen LogP contribution in [0.25, 0.3) is 28.5 Å². The first-order valence-corrected chi connectivity index (χ1v) is 12.3. The van der Waals surface area contributed by atoms with Gasteiger partial charge in [0.2, 0.25) is 0 Å². The Bertz CT molecular complexity index is 1500. The van der Waals surface area contributed by atoms with Crippen molar-refractivity contribution in [1.82, 2.24) is 19.7 Å². The SMILES string of the molecule is CC(=O)Oc1ccc(Cl)c(F)c1-n1c(C2CCCCC2)nc(-c2nnc(N)o2)c1-c1ccc(F)c(Cl)c1. The summed E-state index contributed by atoms with van der Waals surface area (Å²) in [6, 6.07) is 6.54. The van der Waals surface area contributed by atoms with E-state index in [1.807, 2.05) is 0 Å². The normalized spacial score (nSPS) is 14.2. The fraction of sp³-hybridized carbons (Fsp3) is 0.280. The Morgan fingerprint density at radius 3 is 2.51 bits per heavy atom. The van der Waals surface area contributed by atoms with Crippen LogP contribution in [-0.2, 0) is 4.79 Å². The van der Waals surface area contributed by atoms with E-state index in [9.17, 15) is 9.18 Å². The van der Waals surface area contributed by atoms with Crippen LogP contribution in [0.5, 0.6) is 5.75 Å². The second kappa shape index (κ2) is 10.1. The molecule has 0 radical (unpaired) electrons. The van der Waals surface area contributed by atoms with E-state index in [0.29, 0.717) is 11.4 Å². The third-order valence-electron chi connectivity index (χ3n) is 6.22. The van der Waals surface area contributed by atoms with Gasteiger partial charge in [-0.2, -0.15) is 0 Å². The van der Waals surface area contributed by atoms with Gasteiger partial charge < -0.3 is 14.9 Å². The van der Waals surface area contributed by atoms with Gasteiger partial charge in [-0.1, -0.05) is 47.6 Å². The van der Waals surface area contributed by atoms with Gasteiger partial charge in [0.15, 0.2) is 17.3 Å². The average Bonchev–Trinajstić information content (AvgIpc) is 3.47. The second-order valence-electron chi connectivity index (χ2n) is 8.71. The highest BCUT2D eigenvalue weighted by atomic mass is 35.5. The largest absolute Gasteiger partial charge is 0.424 e. The van der Waals surface area contributed by atoms with E-state index in [-0.39, 0.29) is 50.7 Å². The summed E-state index contributed by atoms with van der Waals surface area (Å²) in [5.41, 5.74) is 6.38. The molecule has 0 aliphatic heterocycles. The summed E-state index contributed by atoms with van der Waals surface area (Å²) in [6.07, 6.45) is 4.54. The van der Waals surface area contributed by atoms with Crippen LogP contribution in [0.2, 0.25) is 10.0 Å². The highest BCUT2D eigenvalue weighted by Gasteiger charge is 2.33. The molecule has 8 nitrogen and oxygen atoms in total. The molecule has 2 heterocycles. The summed E-state index contributed by atoms with van der Waals surface area (Å²) < 4.78 is 42.4. The predicted molar refractivity (Wildman–Crippen MR) is 134 cm³/mol. The van der Waals surface area contributed by atoms with Crippen molar-refractivity contribution >= 4 is 35.2 Å². The number of halogens is 4. The molecule has 4 aromatic rings. The smallest absolute Gasteiger partial charge is 0.313 e. The Hall–Kier alpha value is -3.50. The molecule has 1 saturated carbocycles. The number of benzene rings is 2. The summed E-state index contributed by atoms with van der Waals surface area (Å²) in [5, 5.41) is 7.37. The highest BCUT2D eigenvalue weighted by Crippen LogP contribution is 2.44. The molecule has 1 aliphatic carbocycles. The summed E-state index contributed by atoms with van der Waals surface area (Å²) in [4.78, 5) is 16.8. The number of carbonyl (C=O) groups is 1. The third-order valence-corrected chi connectivity index (χ3v) is 6.80. The third kappa shape index (κ3) is 4.78. The number of nitrogens with two attached hydrogens (primary N) is 1. The first-order valence-electron chi connectivity index (χ1n) is 11.6. The molecule has 0 amide bonds. The molecule has 0 bridgehead atoms. The topological polar surface area (TPSA) is 109 Å². The van der Waals surface area contributed by atoms with Crippen molar-refractivity contribution in [2.45, 2.75) is 44.9 Å². The van der Waals surface area contributed by atoms with E-state index >= 15 is 4.39 Å². The molecule has 2 N–H and O–H groups in total. The zero-order valence-corrected chi connectivity index (χ0v) is 21.1. The number of aromatic nitrogens is 4. The summed E-state index contributed by atoms with van der Waals surface area (Å²) in [6.45, 7) is 1.21. The Morgan fingerprint density at radius 2 is 1.86 bits per heavy atom. The van der Waals surface area contributed by atoms with Crippen molar-refractivity contribution in [3.05, 3.63) is 57.8 Å². The predicted octanol–water partition coefficient (Wildman–Crippen LogP) is 6.73. The summed E-state index contributed by atoms with van der Waals surface area (Å²) >= 11 is 12.3. The molecule has 5 rings (SSSR count). The number of anilines is 1. The number of ether oxygens (including phenoxy) is 1. The van der Waals surface area contributed by atoms with Crippen LogP contribution in [0.4, 0.5) is 14.8 Å². The quantitative estimate of drug-likeness (QED) is 0.218. The van der Waals surface area contributed by atoms with Gasteiger partial charge in [-0.15, -0.1) is 5.10 Å². The number of hydrogen-bond donors (Lipinski definition) is 1. The average molecular weight is 548 g/mol. The van der Waals surface area contributed by atoms with Gasteiger partial charge >= 0.3 is 12.0 Å². The first-order chi connectivity index (χ1) is 17.7. The number of rotatable bonds is 5. The standard InChI is InChI=1S/C25H21Cl2F2N5O3/c1-12(35)36-18-10-8-15(26)19(29)22(18)34-21(14-7-9-17(28)16(27)11-14)20(24-32-33-25(30)37-24)31-23(34)13-5-3-2-4-6-13/h7-11,13H,2-6H2,1H3,(H2,30,33). The summed E-state index contributed by atoms with van der Waals surface area (Å²) in [5.74, 6) is -1.84. The van der Waals surface area contributed by atoms with Crippen LogP contribution in [-0.4, -0.2) is 25.7 Å². The van der Waals surface area contributed by atoms with Crippen LogP contribution < -0.4 is 10.5 Å². The first kappa shape index (κ1) is 25.2. The Labute approximate surface area is 220 Å². The van der Waals surface area contributed by atoms with Crippen molar-refractivity contribution in [3.8, 4) is 34.3 Å². The van der Waals surface area contributed by atoms with E-state index in [1.165, 1.54) is 41.8 Å². The number of hydrogen-bond acceptors (Lipinski definition) is 7. The molecule has 1 aliphatic rings. The van der Waals surface area contributed by atoms with Gasteiger partial charge in [0, 0.05) is 18.4 Å². The minimum atomic E-state index is -0.832.